The minimum absolute atomic E-state index is 0.0257. The Kier molecular flexibility index (Phi) is 8.70. The van der Waals surface area contributed by atoms with Crippen molar-refractivity contribution < 1.29 is 13.9 Å². The number of carbonyl (C=O) groups is 1. The van der Waals surface area contributed by atoms with Crippen molar-refractivity contribution in [2.45, 2.75) is 45.3 Å². The maximum Gasteiger partial charge on any atom is 0.225 e. The molecular formula is C17H27FN2O2. The minimum Gasteiger partial charge on any atom is -0.380 e. The number of carbonyl (C=O) groups excluding carboxylic acids is 1. The van der Waals surface area contributed by atoms with E-state index < -0.39 is 0 Å². The van der Waals surface area contributed by atoms with Crippen LogP contribution in [0.4, 0.5) is 4.39 Å². The van der Waals surface area contributed by atoms with E-state index in [0.29, 0.717) is 19.6 Å². The number of benzene rings is 1. The van der Waals surface area contributed by atoms with Gasteiger partial charge in [0.2, 0.25) is 5.91 Å². The summed E-state index contributed by atoms with van der Waals surface area (Å²) in [5, 5.41) is 0. The SMILES string of the molecule is CCCCCN(Cc1ccc(F)cc1)C(=O)CC(CN)OC. The van der Waals surface area contributed by atoms with E-state index in [1.54, 1.807) is 19.2 Å². The normalized spacial score (nSPS) is 12.2. The largest absolute Gasteiger partial charge is 0.380 e. The average molecular weight is 310 g/mol. The quantitative estimate of drug-likeness (QED) is 0.676. The summed E-state index contributed by atoms with van der Waals surface area (Å²) in [5.41, 5.74) is 6.51. The molecule has 5 heteroatoms. The number of ether oxygens (including phenoxy) is 1. The van der Waals surface area contributed by atoms with Crippen LogP contribution in [-0.4, -0.2) is 37.1 Å². The molecule has 0 aliphatic rings. The second-order valence-electron chi connectivity index (χ2n) is 5.45. The Balaban J connectivity index is 2.69. The average Bonchev–Trinajstić information content (AvgIpc) is 2.53. The summed E-state index contributed by atoms with van der Waals surface area (Å²) in [7, 11) is 1.56. The van der Waals surface area contributed by atoms with E-state index in [-0.39, 0.29) is 24.2 Å². The summed E-state index contributed by atoms with van der Waals surface area (Å²) in [6.07, 6.45) is 3.17. The van der Waals surface area contributed by atoms with Crippen LogP contribution in [0.1, 0.15) is 38.2 Å². The van der Waals surface area contributed by atoms with Gasteiger partial charge in [-0.2, -0.15) is 0 Å². The van der Waals surface area contributed by atoms with Crippen LogP contribution in [0.2, 0.25) is 0 Å². The van der Waals surface area contributed by atoms with Gasteiger partial charge in [0.25, 0.3) is 0 Å². The molecule has 2 N–H and O–H groups in total. The van der Waals surface area contributed by atoms with Crippen LogP contribution in [0.15, 0.2) is 24.3 Å². The molecule has 0 aliphatic carbocycles. The van der Waals surface area contributed by atoms with Gasteiger partial charge < -0.3 is 15.4 Å². The van der Waals surface area contributed by atoms with E-state index in [1.165, 1.54) is 12.1 Å². The highest BCUT2D eigenvalue weighted by atomic mass is 19.1. The van der Waals surface area contributed by atoms with Crippen molar-refractivity contribution >= 4 is 5.91 Å². The van der Waals surface area contributed by atoms with E-state index >= 15 is 0 Å². The third-order valence-corrected chi connectivity index (χ3v) is 3.67. The molecule has 1 atom stereocenters. The van der Waals surface area contributed by atoms with E-state index in [9.17, 15) is 9.18 Å². The lowest BCUT2D eigenvalue weighted by molar-refractivity contribution is -0.134. The molecule has 1 aromatic rings. The van der Waals surface area contributed by atoms with Gasteiger partial charge in [0.1, 0.15) is 5.82 Å². The first-order valence-electron chi connectivity index (χ1n) is 7.85. The Morgan fingerprint density at radius 1 is 1.32 bits per heavy atom. The Morgan fingerprint density at radius 2 is 2.00 bits per heavy atom. The fraction of sp³-hybridized carbons (Fsp3) is 0.588. The summed E-state index contributed by atoms with van der Waals surface area (Å²) in [6.45, 7) is 3.64. The van der Waals surface area contributed by atoms with Crippen molar-refractivity contribution in [3.05, 3.63) is 35.6 Å². The molecule has 0 saturated heterocycles. The lowest BCUT2D eigenvalue weighted by Crippen LogP contribution is -2.36. The van der Waals surface area contributed by atoms with Crippen molar-refractivity contribution in [2.75, 3.05) is 20.2 Å². The number of nitrogens with zero attached hydrogens (tertiary/aromatic N) is 1. The first-order chi connectivity index (χ1) is 10.6. The van der Waals surface area contributed by atoms with E-state index in [1.807, 2.05) is 4.90 Å². The molecule has 0 bridgehead atoms. The molecule has 0 spiro atoms. The van der Waals surface area contributed by atoms with Crippen molar-refractivity contribution in [3.8, 4) is 0 Å². The van der Waals surface area contributed by atoms with Gasteiger partial charge in [-0.05, 0) is 24.1 Å². The maximum absolute atomic E-state index is 13.0. The molecule has 22 heavy (non-hydrogen) atoms. The smallest absolute Gasteiger partial charge is 0.225 e. The monoisotopic (exact) mass is 310 g/mol. The third kappa shape index (κ3) is 6.54. The van der Waals surface area contributed by atoms with E-state index in [2.05, 4.69) is 6.92 Å². The molecule has 0 aromatic heterocycles. The van der Waals surface area contributed by atoms with Crippen molar-refractivity contribution in [2.24, 2.45) is 5.73 Å². The van der Waals surface area contributed by atoms with E-state index in [0.717, 1.165) is 24.8 Å². The number of rotatable bonds is 10. The molecule has 124 valence electrons. The Hall–Kier alpha value is -1.46. The van der Waals surface area contributed by atoms with Gasteiger partial charge in [-0.3, -0.25) is 4.79 Å². The fourth-order valence-electron chi connectivity index (χ4n) is 2.24. The van der Waals surface area contributed by atoms with Crippen LogP contribution in [0, 0.1) is 5.82 Å². The fourth-order valence-corrected chi connectivity index (χ4v) is 2.24. The number of unbranched alkanes of at least 4 members (excludes halogenated alkanes) is 2. The summed E-state index contributed by atoms with van der Waals surface area (Å²) in [5.74, 6) is -0.243. The lowest BCUT2D eigenvalue weighted by Gasteiger charge is -2.25. The number of nitrogens with two attached hydrogens (primary N) is 1. The molecule has 4 nitrogen and oxygen atoms in total. The van der Waals surface area contributed by atoms with Crippen molar-refractivity contribution in [3.63, 3.8) is 0 Å². The zero-order valence-electron chi connectivity index (χ0n) is 13.6. The van der Waals surface area contributed by atoms with Gasteiger partial charge in [-0.1, -0.05) is 31.9 Å². The van der Waals surface area contributed by atoms with Gasteiger partial charge in [0.15, 0.2) is 0 Å². The first kappa shape index (κ1) is 18.6. The molecule has 1 aromatic carbocycles. The number of methoxy groups -OCH3 is 1. The van der Waals surface area contributed by atoms with Crippen LogP contribution in [0.3, 0.4) is 0 Å². The highest BCUT2D eigenvalue weighted by Gasteiger charge is 2.18. The maximum atomic E-state index is 13.0. The van der Waals surface area contributed by atoms with Crippen molar-refractivity contribution in [1.29, 1.82) is 0 Å². The lowest BCUT2D eigenvalue weighted by atomic mass is 10.1. The summed E-state index contributed by atoms with van der Waals surface area (Å²) in [6, 6.07) is 6.27. The van der Waals surface area contributed by atoms with Crippen LogP contribution >= 0.6 is 0 Å². The molecule has 0 aliphatic heterocycles. The van der Waals surface area contributed by atoms with Crippen LogP contribution in [0.25, 0.3) is 0 Å². The standard InChI is InChI=1S/C17H27FN2O2/c1-3-4-5-10-20(17(21)11-16(12-19)22-2)13-14-6-8-15(18)9-7-14/h6-9,16H,3-5,10-13,19H2,1-2H3. The molecule has 0 fully saturated rings. The number of hydrogen-bond acceptors (Lipinski definition) is 3. The third-order valence-electron chi connectivity index (χ3n) is 3.67. The van der Waals surface area contributed by atoms with Crippen LogP contribution in [0.5, 0.6) is 0 Å². The molecule has 0 heterocycles. The Bertz CT molecular complexity index is 433. The molecule has 1 unspecified atom stereocenters. The van der Waals surface area contributed by atoms with Gasteiger partial charge >= 0.3 is 0 Å². The minimum atomic E-state index is -0.268. The van der Waals surface area contributed by atoms with Gasteiger partial charge in [-0.25, -0.2) is 4.39 Å². The topological polar surface area (TPSA) is 55.6 Å². The highest BCUT2D eigenvalue weighted by Crippen LogP contribution is 2.11. The summed E-state index contributed by atoms with van der Waals surface area (Å²) in [4.78, 5) is 14.3. The zero-order valence-corrected chi connectivity index (χ0v) is 13.6. The van der Waals surface area contributed by atoms with E-state index in [4.69, 9.17) is 10.5 Å². The summed E-state index contributed by atoms with van der Waals surface area (Å²) >= 11 is 0. The molecule has 0 saturated carbocycles. The Morgan fingerprint density at radius 3 is 2.55 bits per heavy atom. The summed E-state index contributed by atoms with van der Waals surface area (Å²) < 4.78 is 18.2. The predicted molar refractivity (Wildman–Crippen MR) is 85.8 cm³/mol. The first-order valence-corrected chi connectivity index (χ1v) is 7.85. The van der Waals surface area contributed by atoms with Crippen LogP contribution in [-0.2, 0) is 16.1 Å². The number of hydrogen-bond donors (Lipinski definition) is 1. The van der Waals surface area contributed by atoms with Gasteiger partial charge in [0.05, 0.1) is 12.5 Å². The van der Waals surface area contributed by atoms with Gasteiger partial charge in [0, 0.05) is 26.7 Å². The second-order valence-corrected chi connectivity index (χ2v) is 5.45. The molecular weight excluding hydrogens is 283 g/mol. The highest BCUT2D eigenvalue weighted by molar-refractivity contribution is 5.76. The molecule has 0 radical (unpaired) electrons. The second kappa shape index (κ2) is 10.3. The van der Waals surface area contributed by atoms with Crippen molar-refractivity contribution in [1.82, 2.24) is 4.90 Å². The number of halogens is 1. The van der Waals surface area contributed by atoms with Crippen LogP contribution < -0.4 is 5.73 Å². The molecule has 1 rings (SSSR count). The zero-order chi connectivity index (χ0) is 16.4. The predicted octanol–water partition coefficient (Wildman–Crippen LogP) is 2.71. The Labute approximate surface area is 132 Å². The number of amides is 1. The van der Waals surface area contributed by atoms with Gasteiger partial charge in [-0.15, -0.1) is 0 Å². The molecule has 1 amide bonds.